The van der Waals surface area contributed by atoms with E-state index in [0.717, 1.165) is 22.6 Å². The molecule has 2 unspecified atom stereocenters. The van der Waals surface area contributed by atoms with Gasteiger partial charge >= 0.3 is 0 Å². The Morgan fingerprint density at radius 3 is 2.63 bits per heavy atom. The van der Waals surface area contributed by atoms with Gasteiger partial charge < -0.3 is 4.90 Å². The fourth-order valence-corrected chi connectivity index (χ4v) is 3.24. The summed E-state index contributed by atoms with van der Waals surface area (Å²) in [5.41, 5.74) is 2.74. The van der Waals surface area contributed by atoms with Crippen LogP contribution in [0.15, 0.2) is 6.07 Å². The summed E-state index contributed by atoms with van der Waals surface area (Å²) < 4.78 is 0. The largest absolute Gasteiger partial charge is 0.355 e. The molecule has 0 aromatic carbocycles. The minimum Gasteiger partial charge on any atom is -0.355 e. The third kappa shape index (κ3) is 2.73. The van der Waals surface area contributed by atoms with Crippen LogP contribution in [0.25, 0.3) is 0 Å². The maximum atomic E-state index is 9.39. The lowest BCUT2D eigenvalue weighted by Crippen LogP contribution is -2.40. The number of hydrogen-bond donors (Lipinski definition) is 0. The Bertz CT molecular complexity index is 501. The first-order chi connectivity index (χ1) is 9.04. The van der Waals surface area contributed by atoms with Crippen LogP contribution in [0.4, 0.5) is 5.82 Å². The molecule has 0 spiro atoms. The summed E-state index contributed by atoms with van der Waals surface area (Å²) >= 11 is 0. The van der Waals surface area contributed by atoms with E-state index in [4.69, 9.17) is 0 Å². The quantitative estimate of drug-likeness (QED) is 0.813. The van der Waals surface area contributed by atoms with Crippen molar-refractivity contribution in [3.05, 3.63) is 22.9 Å². The molecule has 102 valence electrons. The highest BCUT2D eigenvalue weighted by atomic mass is 15.2. The monoisotopic (exact) mass is 257 g/mol. The normalized spacial score (nSPS) is 22.9. The zero-order chi connectivity index (χ0) is 14.0. The SMILES string of the molecule is Cc1cc(C)c(C#N)c(N(C)C2CCCCC2C)n1. The van der Waals surface area contributed by atoms with Gasteiger partial charge in [-0.3, -0.25) is 0 Å². The van der Waals surface area contributed by atoms with Crippen LogP contribution < -0.4 is 4.90 Å². The lowest BCUT2D eigenvalue weighted by Gasteiger charge is -2.37. The summed E-state index contributed by atoms with van der Waals surface area (Å²) in [4.78, 5) is 6.86. The molecule has 1 aromatic rings. The van der Waals surface area contributed by atoms with Gasteiger partial charge in [-0.25, -0.2) is 4.98 Å². The zero-order valence-corrected chi connectivity index (χ0v) is 12.4. The van der Waals surface area contributed by atoms with E-state index in [1.807, 2.05) is 19.9 Å². The first kappa shape index (κ1) is 13.9. The lowest BCUT2D eigenvalue weighted by molar-refractivity contribution is 0.320. The number of nitriles is 1. The highest BCUT2D eigenvalue weighted by molar-refractivity contribution is 5.58. The highest BCUT2D eigenvalue weighted by Crippen LogP contribution is 2.31. The Morgan fingerprint density at radius 2 is 2.00 bits per heavy atom. The van der Waals surface area contributed by atoms with E-state index in [1.165, 1.54) is 25.7 Å². The summed E-state index contributed by atoms with van der Waals surface area (Å²) in [5, 5.41) is 9.39. The molecule has 3 heteroatoms. The van der Waals surface area contributed by atoms with Gasteiger partial charge in [-0.05, 0) is 44.2 Å². The van der Waals surface area contributed by atoms with Gasteiger partial charge in [-0.1, -0.05) is 19.8 Å². The van der Waals surface area contributed by atoms with Crippen molar-refractivity contribution in [1.29, 1.82) is 5.26 Å². The number of hydrogen-bond acceptors (Lipinski definition) is 3. The molecule has 0 saturated heterocycles. The third-order valence-corrected chi connectivity index (χ3v) is 4.34. The van der Waals surface area contributed by atoms with Gasteiger partial charge in [0.15, 0.2) is 0 Å². The number of anilines is 1. The Labute approximate surface area is 116 Å². The smallest absolute Gasteiger partial charge is 0.147 e. The summed E-state index contributed by atoms with van der Waals surface area (Å²) in [7, 11) is 2.09. The van der Waals surface area contributed by atoms with Crippen LogP contribution >= 0.6 is 0 Å². The topological polar surface area (TPSA) is 39.9 Å². The van der Waals surface area contributed by atoms with Gasteiger partial charge in [-0.2, -0.15) is 5.26 Å². The summed E-state index contributed by atoms with van der Waals surface area (Å²) in [5.74, 6) is 1.53. The van der Waals surface area contributed by atoms with Crippen molar-refractivity contribution in [2.45, 2.75) is 52.5 Å². The zero-order valence-electron chi connectivity index (χ0n) is 12.4. The first-order valence-corrected chi connectivity index (χ1v) is 7.15. The van der Waals surface area contributed by atoms with Gasteiger partial charge in [0.1, 0.15) is 11.9 Å². The minimum absolute atomic E-state index is 0.509. The van der Waals surface area contributed by atoms with E-state index >= 15 is 0 Å². The number of pyridine rings is 1. The van der Waals surface area contributed by atoms with Crippen molar-refractivity contribution >= 4 is 5.82 Å². The number of aromatic nitrogens is 1. The van der Waals surface area contributed by atoms with Crippen LogP contribution in [0.2, 0.25) is 0 Å². The lowest BCUT2D eigenvalue weighted by atomic mass is 9.85. The van der Waals surface area contributed by atoms with E-state index in [1.54, 1.807) is 0 Å². The minimum atomic E-state index is 0.509. The van der Waals surface area contributed by atoms with Crippen molar-refractivity contribution in [1.82, 2.24) is 4.98 Å². The molecule has 2 rings (SSSR count). The molecule has 0 N–H and O–H groups in total. The van der Waals surface area contributed by atoms with Gasteiger partial charge in [0.05, 0.1) is 5.56 Å². The molecule has 0 amide bonds. The van der Waals surface area contributed by atoms with Crippen LogP contribution in [0.5, 0.6) is 0 Å². The van der Waals surface area contributed by atoms with Gasteiger partial charge in [0, 0.05) is 18.8 Å². The maximum absolute atomic E-state index is 9.39. The Morgan fingerprint density at radius 1 is 1.32 bits per heavy atom. The summed E-state index contributed by atoms with van der Waals surface area (Å²) in [6, 6.07) is 4.82. The third-order valence-electron chi connectivity index (χ3n) is 4.34. The molecule has 1 aromatic heterocycles. The highest BCUT2D eigenvalue weighted by Gasteiger charge is 2.27. The molecular weight excluding hydrogens is 234 g/mol. The molecule has 1 heterocycles. The fourth-order valence-electron chi connectivity index (χ4n) is 3.24. The molecule has 1 fully saturated rings. The molecule has 0 aliphatic heterocycles. The fraction of sp³-hybridized carbons (Fsp3) is 0.625. The molecule has 0 bridgehead atoms. The molecular formula is C16H23N3. The van der Waals surface area contributed by atoms with Crippen LogP contribution in [-0.2, 0) is 0 Å². The second-order valence-electron chi connectivity index (χ2n) is 5.83. The van der Waals surface area contributed by atoms with Crippen molar-refractivity contribution in [2.24, 2.45) is 5.92 Å². The molecule has 1 saturated carbocycles. The Balaban J connectivity index is 2.38. The second-order valence-corrected chi connectivity index (χ2v) is 5.83. The second kappa shape index (κ2) is 5.61. The first-order valence-electron chi connectivity index (χ1n) is 7.15. The van der Waals surface area contributed by atoms with Crippen LogP contribution in [-0.4, -0.2) is 18.1 Å². The van der Waals surface area contributed by atoms with Crippen molar-refractivity contribution < 1.29 is 0 Å². The molecule has 0 radical (unpaired) electrons. The number of aryl methyl sites for hydroxylation is 2. The van der Waals surface area contributed by atoms with E-state index in [0.29, 0.717) is 12.0 Å². The molecule has 1 aliphatic rings. The summed E-state index contributed by atoms with van der Waals surface area (Å²) in [6.45, 7) is 6.31. The van der Waals surface area contributed by atoms with Crippen LogP contribution in [0.3, 0.4) is 0 Å². The average Bonchev–Trinajstić information content (AvgIpc) is 2.37. The van der Waals surface area contributed by atoms with Crippen molar-refractivity contribution in [2.75, 3.05) is 11.9 Å². The molecule has 19 heavy (non-hydrogen) atoms. The number of nitrogens with zero attached hydrogens (tertiary/aromatic N) is 3. The standard InChI is InChI=1S/C16H23N3/c1-11-7-5-6-8-15(11)19(4)16-14(10-17)12(2)9-13(3)18-16/h9,11,15H,5-8H2,1-4H3. The Hall–Kier alpha value is -1.56. The predicted molar refractivity (Wildman–Crippen MR) is 78.2 cm³/mol. The average molecular weight is 257 g/mol. The number of rotatable bonds is 2. The maximum Gasteiger partial charge on any atom is 0.147 e. The van der Waals surface area contributed by atoms with Crippen LogP contribution in [0, 0.1) is 31.1 Å². The molecule has 3 nitrogen and oxygen atoms in total. The van der Waals surface area contributed by atoms with E-state index in [2.05, 4.69) is 29.9 Å². The Kier molecular flexibility index (Phi) is 4.09. The predicted octanol–water partition coefficient (Wildman–Crippen LogP) is 3.59. The molecule has 1 aliphatic carbocycles. The molecule has 2 atom stereocenters. The van der Waals surface area contributed by atoms with E-state index in [-0.39, 0.29) is 0 Å². The van der Waals surface area contributed by atoms with E-state index in [9.17, 15) is 5.26 Å². The van der Waals surface area contributed by atoms with Gasteiger partial charge in [0.2, 0.25) is 0 Å². The van der Waals surface area contributed by atoms with Crippen molar-refractivity contribution in [3.8, 4) is 6.07 Å². The van der Waals surface area contributed by atoms with Crippen molar-refractivity contribution in [3.63, 3.8) is 0 Å². The van der Waals surface area contributed by atoms with Gasteiger partial charge in [-0.15, -0.1) is 0 Å². The summed E-state index contributed by atoms with van der Waals surface area (Å²) in [6.07, 6.45) is 5.10. The van der Waals surface area contributed by atoms with Crippen LogP contribution in [0.1, 0.15) is 49.4 Å². The van der Waals surface area contributed by atoms with E-state index < -0.39 is 0 Å². The van der Waals surface area contributed by atoms with Gasteiger partial charge in [0.25, 0.3) is 0 Å².